The summed E-state index contributed by atoms with van der Waals surface area (Å²) < 4.78 is 61.7. The Hall–Kier alpha value is -1.46. The van der Waals surface area contributed by atoms with E-state index in [4.69, 9.17) is 0 Å². The Morgan fingerprint density at radius 2 is 1.86 bits per heavy atom. The lowest BCUT2D eigenvalue weighted by Crippen LogP contribution is -2.12. The van der Waals surface area contributed by atoms with Crippen molar-refractivity contribution in [3.8, 4) is 0 Å². The highest BCUT2D eigenvalue weighted by Crippen LogP contribution is 2.31. The third-order valence-electron chi connectivity index (χ3n) is 1.48. The van der Waals surface area contributed by atoms with Gasteiger partial charge in [-0.3, -0.25) is 0 Å². The molecule has 1 rings (SSSR count). The van der Waals surface area contributed by atoms with Crippen LogP contribution in [0.4, 0.5) is 22.0 Å². The first kappa shape index (κ1) is 10.6. The fourth-order valence-electron chi connectivity index (χ4n) is 0.865. The average Bonchev–Trinajstić information content (AvgIpc) is 2.02. The van der Waals surface area contributed by atoms with Crippen molar-refractivity contribution in [3.05, 3.63) is 35.7 Å². The lowest BCUT2D eigenvalue weighted by Gasteiger charge is -2.08. The van der Waals surface area contributed by atoms with E-state index in [1.165, 1.54) is 0 Å². The zero-order chi connectivity index (χ0) is 10.9. The summed E-state index contributed by atoms with van der Waals surface area (Å²) in [6.07, 6.45) is -3.96. The molecule has 0 aliphatic heterocycles. The van der Waals surface area contributed by atoms with E-state index in [2.05, 4.69) is 11.6 Å². The minimum atomic E-state index is -4.93. The standard InChI is InChI=1S/C8H4F5N/c1-2-4-5(9)3-14-7(6(4)10)8(11,12)13/h2-3H,1H2. The maximum Gasteiger partial charge on any atom is 0.436 e. The summed E-state index contributed by atoms with van der Waals surface area (Å²) in [6, 6.07) is 0. The van der Waals surface area contributed by atoms with Gasteiger partial charge >= 0.3 is 6.18 Å². The summed E-state index contributed by atoms with van der Waals surface area (Å²) in [7, 11) is 0. The normalized spacial score (nSPS) is 11.5. The zero-order valence-corrected chi connectivity index (χ0v) is 6.70. The maximum atomic E-state index is 12.9. The van der Waals surface area contributed by atoms with Gasteiger partial charge in [0, 0.05) is 5.56 Å². The summed E-state index contributed by atoms with van der Waals surface area (Å²) in [5.41, 5.74) is -2.57. The number of nitrogens with zero attached hydrogens (tertiary/aromatic N) is 1. The van der Waals surface area contributed by atoms with E-state index in [-0.39, 0.29) is 0 Å². The van der Waals surface area contributed by atoms with Crippen LogP contribution >= 0.6 is 0 Å². The summed E-state index contributed by atoms with van der Waals surface area (Å²) in [4.78, 5) is 2.63. The molecule has 14 heavy (non-hydrogen) atoms. The zero-order valence-electron chi connectivity index (χ0n) is 6.70. The Balaban J connectivity index is 3.43. The quantitative estimate of drug-likeness (QED) is 0.648. The van der Waals surface area contributed by atoms with Crippen LogP contribution in [-0.4, -0.2) is 4.98 Å². The van der Waals surface area contributed by atoms with E-state index >= 15 is 0 Å². The van der Waals surface area contributed by atoms with Gasteiger partial charge in [0.25, 0.3) is 0 Å². The number of rotatable bonds is 1. The fourth-order valence-corrected chi connectivity index (χ4v) is 0.865. The molecule has 1 heterocycles. The lowest BCUT2D eigenvalue weighted by molar-refractivity contribution is -0.143. The fraction of sp³-hybridized carbons (Fsp3) is 0.125. The van der Waals surface area contributed by atoms with Crippen molar-refractivity contribution in [1.82, 2.24) is 4.98 Å². The van der Waals surface area contributed by atoms with Gasteiger partial charge in [-0.1, -0.05) is 12.7 Å². The predicted molar refractivity (Wildman–Crippen MR) is 39.2 cm³/mol. The van der Waals surface area contributed by atoms with Gasteiger partial charge < -0.3 is 0 Å². The molecular weight excluding hydrogens is 205 g/mol. The van der Waals surface area contributed by atoms with Gasteiger partial charge in [-0.2, -0.15) is 13.2 Å². The second kappa shape index (κ2) is 3.36. The molecule has 0 saturated heterocycles. The van der Waals surface area contributed by atoms with Crippen molar-refractivity contribution in [3.63, 3.8) is 0 Å². The SMILES string of the molecule is C=Cc1c(F)cnc(C(F)(F)F)c1F. The van der Waals surface area contributed by atoms with Crippen molar-refractivity contribution in [2.24, 2.45) is 0 Å². The van der Waals surface area contributed by atoms with Crippen molar-refractivity contribution >= 4 is 6.08 Å². The molecule has 0 atom stereocenters. The Kier molecular flexibility index (Phi) is 2.55. The second-order valence-electron chi connectivity index (χ2n) is 2.38. The van der Waals surface area contributed by atoms with Crippen molar-refractivity contribution in [2.45, 2.75) is 6.18 Å². The molecule has 0 fully saturated rings. The number of pyridine rings is 1. The third kappa shape index (κ3) is 1.73. The number of alkyl halides is 3. The van der Waals surface area contributed by atoms with Gasteiger partial charge in [0.1, 0.15) is 0 Å². The van der Waals surface area contributed by atoms with Gasteiger partial charge in [-0.15, -0.1) is 0 Å². The minimum absolute atomic E-state index is 0.308. The van der Waals surface area contributed by atoms with Gasteiger partial charge in [-0.05, 0) is 0 Å². The number of hydrogen-bond acceptors (Lipinski definition) is 1. The van der Waals surface area contributed by atoms with Crippen molar-refractivity contribution in [2.75, 3.05) is 0 Å². The van der Waals surface area contributed by atoms with Crippen LogP contribution in [0.2, 0.25) is 0 Å². The Bertz CT molecular complexity index is 369. The first-order valence-corrected chi connectivity index (χ1v) is 3.41. The monoisotopic (exact) mass is 209 g/mol. The Morgan fingerprint density at radius 3 is 2.29 bits per heavy atom. The summed E-state index contributed by atoms with van der Waals surface area (Å²) >= 11 is 0. The molecule has 0 saturated carbocycles. The molecule has 0 aromatic carbocycles. The van der Waals surface area contributed by atoms with E-state index in [9.17, 15) is 22.0 Å². The van der Waals surface area contributed by atoms with Gasteiger partial charge in [0.05, 0.1) is 6.20 Å². The van der Waals surface area contributed by atoms with Crippen LogP contribution in [0, 0.1) is 11.6 Å². The van der Waals surface area contributed by atoms with Gasteiger partial charge in [0.2, 0.25) is 0 Å². The molecule has 0 bridgehead atoms. The van der Waals surface area contributed by atoms with Crippen LogP contribution in [0.5, 0.6) is 0 Å². The molecule has 0 N–H and O–H groups in total. The smallest absolute Gasteiger partial charge is 0.246 e. The molecule has 0 unspecified atom stereocenters. The average molecular weight is 209 g/mol. The van der Waals surface area contributed by atoms with Crippen LogP contribution in [0.25, 0.3) is 6.08 Å². The van der Waals surface area contributed by atoms with Crippen molar-refractivity contribution in [1.29, 1.82) is 0 Å². The van der Waals surface area contributed by atoms with E-state index in [1.807, 2.05) is 0 Å². The molecule has 0 radical (unpaired) electrons. The lowest BCUT2D eigenvalue weighted by atomic mass is 10.2. The summed E-state index contributed by atoms with van der Waals surface area (Å²) in [5, 5.41) is 0. The third-order valence-corrected chi connectivity index (χ3v) is 1.48. The predicted octanol–water partition coefficient (Wildman–Crippen LogP) is 3.02. The molecule has 0 spiro atoms. The molecule has 1 nitrogen and oxygen atoms in total. The highest BCUT2D eigenvalue weighted by atomic mass is 19.4. The van der Waals surface area contributed by atoms with Crippen molar-refractivity contribution < 1.29 is 22.0 Å². The second-order valence-corrected chi connectivity index (χ2v) is 2.38. The first-order valence-electron chi connectivity index (χ1n) is 3.41. The van der Waals surface area contributed by atoms with E-state index < -0.39 is 29.1 Å². The molecule has 0 amide bonds. The van der Waals surface area contributed by atoms with Gasteiger partial charge in [-0.25, -0.2) is 13.8 Å². The van der Waals surface area contributed by atoms with Gasteiger partial charge in [0.15, 0.2) is 17.3 Å². The Labute approximate surface area is 75.9 Å². The van der Waals surface area contributed by atoms with Crippen LogP contribution in [-0.2, 0) is 6.18 Å². The topological polar surface area (TPSA) is 12.9 Å². The highest BCUT2D eigenvalue weighted by Gasteiger charge is 2.37. The van der Waals surface area contributed by atoms with Crippen LogP contribution in [0.1, 0.15) is 11.3 Å². The summed E-state index contributed by atoms with van der Waals surface area (Å²) in [5.74, 6) is -2.92. The molecule has 76 valence electrons. The van der Waals surface area contributed by atoms with E-state index in [1.54, 1.807) is 0 Å². The van der Waals surface area contributed by atoms with E-state index in [0.29, 0.717) is 12.3 Å². The molecule has 0 aliphatic rings. The molecular formula is C8H4F5N. The minimum Gasteiger partial charge on any atom is -0.246 e. The van der Waals surface area contributed by atoms with Crippen LogP contribution < -0.4 is 0 Å². The number of halogens is 5. The van der Waals surface area contributed by atoms with Crippen LogP contribution in [0.3, 0.4) is 0 Å². The number of hydrogen-bond donors (Lipinski definition) is 0. The molecule has 6 heteroatoms. The number of aromatic nitrogens is 1. The largest absolute Gasteiger partial charge is 0.436 e. The molecule has 1 aromatic heterocycles. The summed E-state index contributed by atoms with van der Waals surface area (Å²) in [6.45, 7) is 3.00. The van der Waals surface area contributed by atoms with Crippen LogP contribution in [0.15, 0.2) is 12.8 Å². The maximum absolute atomic E-state index is 12.9. The highest BCUT2D eigenvalue weighted by molar-refractivity contribution is 5.49. The molecule has 1 aromatic rings. The Morgan fingerprint density at radius 1 is 1.29 bits per heavy atom. The first-order chi connectivity index (χ1) is 6.38. The van der Waals surface area contributed by atoms with E-state index in [0.717, 1.165) is 0 Å². The molecule has 0 aliphatic carbocycles.